The summed E-state index contributed by atoms with van der Waals surface area (Å²) >= 11 is 5.43. The molecule has 48 valence electrons. The van der Waals surface area contributed by atoms with Crippen LogP contribution in [0.1, 0.15) is 13.8 Å². The van der Waals surface area contributed by atoms with Crippen molar-refractivity contribution in [3.63, 3.8) is 0 Å². The first-order chi connectivity index (χ1) is 3.72. The third kappa shape index (κ3) is 2.26. The van der Waals surface area contributed by atoms with Gasteiger partial charge < -0.3 is 0 Å². The van der Waals surface area contributed by atoms with Gasteiger partial charge in [-0.3, -0.25) is 0 Å². The molecule has 8 heavy (non-hydrogen) atoms. The van der Waals surface area contributed by atoms with Crippen LogP contribution in [-0.2, 0) is 0 Å². The van der Waals surface area contributed by atoms with Gasteiger partial charge in [-0.05, 0) is 12.8 Å². The molecule has 0 N–H and O–H groups in total. The van der Waals surface area contributed by atoms with Crippen LogP contribution in [-0.4, -0.2) is 11.9 Å². The number of hydrogen-bond donors (Lipinski definition) is 0. The highest BCUT2D eigenvalue weighted by molar-refractivity contribution is 6.18. The molecule has 3 heteroatoms. The van der Waals surface area contributed by atoms with Crippen LogP contribution in [0.3, 0.4) is 0 Å². The van der Waals surface area contributed by atoms with Gasteiger partial charge in [0.25, 0.3) is 0 Å². The van der Waals surface area contributed by atoms with Crippen molar-refractivity contribution in [1.82, 2.24) is 0 Å². The van der Waals surface area contributed by atoms with E-state index in [0.29, 0.717) is 5.88 Å². The van der Waals surface area contributed by atoms with E-state index in [1.165, 1.54) is 0 Å². The van der Waals surface area contributed by atoms with Crippen LogP contribution in [0.5, 0.6) is 0 Å². The fraction of sp³-hybridized carbons (Fsp3) is 1.00. The Balaban J connectivity index is 3.44. The summed E-state index contributed by atoms with van der Waals surface area (Å²) in [5.41, 5.74) is 0. The average Bonchev–Trinajstić information content (AvgIpc) is 1.84. The first-order valence-electron chi connectivity index (χ1n) is 2.60. The van der Waals surface area contributed by atoms with E-state index in [2.05, 4.69) is 5.18 Å². The van der Waals surface area contributed by atoms with E-state index >= 15 is 0 Å². The molecule has 0 aliphatic rings. The lowest BCUT2D eigenvalue weighted by molar-refractivity contribution is 0.533. The van der Waals surface area contributed by atoms with Gasteiger partial charge in [0.15, 0.2) is 0 Å². The van der Waals surface area contributed by atoms with Gasteiger partial charge in [-0.15, -0.1) is 11.6 Å². The van der Waals surface area contributed by atoms with Crippen LogP contribution >= 0.6 is 11.6 Å². The Labute approximate surface area is 54.2 Å². The first-order valence-corrected chi connectivity index (χ1v) is 3.14. The van der Waals surface area contributed by atoms with Crippen molar-refractivity contribution in [3.05, 3.63) is 4.91 Å². The molecule has 2 unspecified atom stereocenters. The lowest BCUT2D eigenvalue weighted by atomic mass is 10.1. The van der Waals surface area contributed by atoms with Gasteiger partial charge in [0.2, 0.25) is 0 Å². The molecule has 0 aliphatic heterocycles. The summed E-state index contributed by atoms with van der Waals surface area (Å²) < 4.78 is 0. The second-order valence-electron chi connectivity index (χ2n) is 1.98. The number of halogens is 1. The van der Waals surface area contributed by atoms with Crippen LogP contribution in [0.15, 0.2) is 5.18 Å². The minimum atomic E-state index is -0.146. The third-order valence-electron chi connectivity index (χ3n) is 1.23. The Bertz CT molecular complexity index is 76.8. The Hall–Kier alpha value is -0.110. The molecule has 0 aromatic rings. The maximum atomic E-state index is 9.80. The lowest BCUT2D eigenvalue weighted by Crippen LogP contribution is -2.11. The van der Waals surface area contributed by atoms with Gasteiger partial charge in [0.1, 0.15) is 0 Å². The molecule has 0 bridgehead atoms. The van der Waals surface area contributed by atoms with Gasteiger partial charge >= 0.3 is 0 Å². The van der Waals surface area contributed by atoms with Crippen molar-refractivity contribution < 1.29 is 0 Å². The van der Waals surface area contributed by atoms with Crippen molar-refractivity contribution >= 4 is 11.6 Å². The molecule has 0 spiro atoms. The molecule has 0 rings (SSSR count). The predicted octanol–water partition coefficient (Wildman–Crippen LogP) is 2.02. The molecule has 0 aromatic heterocycles. The Morgan fingerprint density at radius 2 is 2.12 bits per heavy atom. The molecule has 0 saturated heterocycles. The summed E-state index contributed by atoms with van der Waals surface area (Å²) in [6.45, 7) is 3.67. The summed E-state index contributed by atoms with van der Waals surface area (Å²) in [4.78, 5) is 9.80. The van der Waals surface area contributed by atoms with Gasteiger partial charge in [0.05, 0.1) is 6.04 Å². The highest BCUT2D eigenvalue weighted by Gasteiger charge is 2.09. The van der Waals surface area contributed by atoms with E-state index in [0.717, 1.165) is 0 Å². The van der Waals surface area contributed by atoms with Crippen LogP contribution in [0.4, 0.5) is 0 Å². The third-order valence-corrected chi connectivity index (χ3v) is 1.72. The monoisotopic (exact) mass is 135 g/mol. The first kappa shape index (κ1) is 7.89. The Kier molecular flexibility index (Phi) is 3.79. The maximum Gasteiger partial charge on any atom is 0.0928 e. The molecule has 0 aromatic carbocycles. The number of nitrogens with zero attached hydrogens (tertiary/aromatic N) is 1. The molecule has 0 radical (unpaired) electrons. The number of alkyl halides is 1. The summed E-state index contributed by atoms with van der Waals surface area (Å²) in [5.74, 6) is 0.710. The molecule has 0 saturated carbocycles. The largest absolute Gasteiger partial charge is 0.151 e. The van der Waals surface area contributed by atoms with Gasteiger partial charge in [0, 0.05) is 5.88 Å². The zero-order valence-electron chi connectivity index (χ0n) is 5.10. The highest BCUT2D eigenvalue weighted by Crippen LogP contribution is 2.06. The fourth-order valence-corrected chi connectivity index (χ4v) is 0.491. The summed E-state index contributed by atoms with van der Waals surface area (Å²) in [6, 6.07) is -0.146. The molecule has 2 nitrogen and oxygen atoms in total. The van der Waals surface area contributed by atoms with E-state index in [1.54, 1.807) is 6.92 Å². The van der Waals surface area contributed by atoms with Crippen LogP contribution < -0.4 is 0 Å². The molecule has 0 amide bonds. The second kappa shape index (κ2) is 3.84. The van der Waals surface area contributed by atoms with E-state index in [9.17, 15) is 4.91 Å². The van der Waals surface area contributed by atoms with Gasteiger partial charge in [-0.25, -0.2) is 0 Å². The van der Waals surface area contributed by atoms with Crippen molar-refractivity contribution in [2.75, 3.05) is 5.88 Å². The molecular formula is C5H10ClNO. The summed E-state index contributed by atoms with van der Waals surface area (Å²) in [6.07, 6.45) is 0. The SMILES string of the molecule is CC(CCl)C(C)N=O. The zero-order chi connectivity index (χ0) is 6.57. The number of rotatable bonds is 3. The average molecular weight is 136 g/mol. The second-order valence-corrected chi connectivity index (χ2v) is 2.29. The van der Waals surface area contributed by atoms with Gasteiger partial charge in [-0.2, -0.15) is 4.91 Å². The van der Waals surface area contributed by atoms with Crippen molar-refractivity contribution in [2.24, 2.45) is 11.1 Å². The van der Waals surface area contributed by atoms with E-state index in [4.69, 9.17) is 11.6 Å². The van der Waals surface area contributed by atoms with Gasteiger partial charge in [-0.1, -0.05) is 12.1 Å². The topological polar surface area (TPSA) is 29.4 Å². The maximum absolute atomic E-state index is 9.80. The van der Waals surface area contributed by atoms with E-state index in [1.807, 2.05) is 6.92 Å². The quantitative estimate of drug-likeness (QED) is 0.430. The number of nitroso groups, excluding NO2 is 1. The molecule has 2 atom stereocenters. The van der Waals surface area contributed by atoms with E-state index < -0.39 is 0 Å². The van der Waals surface area contributed by atoms with Crippen LogP contribution in [0.2, 0.25) is 0 Å². The fourth-order valence-electron chi connectivity index (χ4n) is 0.233. The summed E-state index contributed by atoms with van der Waals surface area (Å²) in [5, 5.41) is 2.82. The molecular weight excluding hydrogens is 126 g/mol. The van der Waals surface area contributed by atoms with Crippen LogP contribution in [0.25, 0.3) is 0 Å². The smallest absolute Gasteiger partial charge is 0.0928 e. The minimum absolute atomic E-state index is 0.146. The normalized spacial score (nSPS) is 17.4. The van der Waals surface area contributed by atoms with Crippen molar-refractivity contribution in [1.29, 1.82) is 0 Å². The summed E-state index contributed by atoms with van der Waals surface area (Å²) in [7, 11) is 0. The number of hydrogen-bond acceptors (Lipinski definition) is 2. The lowest BCUT2D eigenvalue weighted by Gasteiger charge is -2.06. The highest BCUT2D eigenvalue weighted by atomic mass is 35.5. The molecule has 0 fully saturated rings. The van der Waals surface area contributed by atoms with Crippen LogP contribution in [0, 0.1) is 10.8 Å². The van der Waals surface area contributed by atoms with E-state index in [-0.39, 0.29) is 12.0 Å². The Morgan fingerprint density at radius 3 is 2.25 bits per heavy atom. The zero-order valence-corrected chi connectivity index (χ0v) is 5.85. The van der Waals surface area contributed by atoms with Crippen molar-refractivity contribution in [2.45, 2.75) is 19.9 Å². The molecule has 0 aliphatic carbocycles. The predicted molar refractivity (Wildman–Crippen MR) is 35.1 cm³/mol. The standard InChI is InChI=1S/C5H10ClNO/c1-4(3-6)5(2)7-8/h4-5H,3H2,1-2H3. The van der Waals surface area contributed by atoms with Crippen molar-refractivity contribution in [3.8, 4) is 0 Å². The molecule has 0 heterocycles. The Morgan fingerprint density at radius 1 is 1.62 bits per heavy atom. The minimum Gasteiger partial charge on any atom is -0.151 e.